The molecule has 6 nitrogen and oxygen atoms in total. The quantitative estimate of drug-likeness (QED) is 0.193. The van der Waals surface area contributed by atoms with Crippen molar-refractivity contribution >= 4 is 77.2 Å². The third-order valence-electron chi connectivity index (χ3n) is 5.08. The Kier molecular flexibility index (Phi) is 5.37. The molecular weight excluding hydrogens is 485 g/mol. The van der Waals surface area contributed by atoms with Crippen molar-refractivity contribution < 1.29 is 9.21 Å². The smallest absolute Gasteiger partial charge is 0.267 e. The van der Waals surface area contributed by atoms with Gasteiger partial charge in [-0.1, -0.05) is 41.7 Å². The fourth-order valence-corrected chi connectivity index (χ4v) is 6.32. The number of aromatic nitrogens is 2. The summed E-state index contributed by atoms with van der Waals surface area (Å²) in [5.74, 6) is 1.13. The van der Waals surface area contributed by atoms with Crippen molar-refractivity contribution in [1.82, 2.24) is 14.9 Å². The fourth-order valence-electron chi connectivity index (χ4n) is 3.52. The fraction of sp³-hybridized carbons (Fsp3) is 0.0400. The minimum Gasteiger partial charge on any atom is -0.454 e. The zero-order valence-electron chi connectivity index (χ0n) is 17.7. The van der Waals surface area contributed by atoms with Gasteiger partial charge in [-0.3, -0.25) is 9.69 Å². The molecule has 0 spiro atoms. The van der Waals surface area contributed by atoms with Gasteiger partial charge in [0.05, 0.1) is 25.3 Å². The van der Waals surface area contributed by atoms with Crippen molar-refractivity contribution in [2.45, 2.75) is 0 Å². The largest absolute Gasteiger partial charge is 0.454 e. The number of furan rings is 1. The van der Waals surface area contributed by atoms with Crippen molar-refractivity contribution in [3.8, 4) is 10.8 Å². The average molecular weight is 501 g/mol. The molecule has 6 rings (SSSR count). The normalized spacial score (nSPS) is 16.5. The lowest BCUT2D eigenvalue weighted by Gasteiger charge is -2.11. The molecule has 0 atom stereocenters. The summed E-state index contributed by atoms with van der Waals surface area (Å²) in [4.78, 5) is 29.1. The second-order valence-electron chi connectivity index (χ2n) is 7.36. The second-order valence-corrected chi connectivity index (χ2v) is 10.4. The van der Waals surface area contributed by atoms with Crippen molar-refractivity contribution in [2.75, 3.05) is 6.54 Å². The van der Waals surface area contributed by atoms with Crippen LogP contribution in [0.5, 0.6) is 0 Å². The molecule has 4 heterocycles. The highest BCUT2D eigenvalue weighted by Crippen LogP contribution is 2.37. The maximum Gasteiger partial charge on any atom is 0.267 e. The number of hydrogen-bond acceptors (Lipinski definition) is 8. The van der Waals surface area contributed by atoms with Gasteiger partial charge in [-0.15, -0.1) is 17.9 Å². The summed E-state index contributed by atoms with van der Waals surface area (Å²) in [6, 6.07) is 19.6. The number of carbonyl (C=O) groups excluding carboxylic acids is 1. The van der Waals surface area contributed by atoms with Gasteiger partial charge in [0.1, 0.15) is 5.76 Å². The van der Waals surface area contributed by atoms with E-state index in [0.29, 0.717) is 33.3 Å². The first-order chi connectivity index (χ1) is 16.7. The molecule has 0 unspecified atom stereocenters. The van der Waals surface area contributed by atoms with Gasteiger partial charge in [0.15, 0.2) is 15.9 Å². The van der Waals surface area contributed by atoms with Gasteiger partial charge in [-0.05, 0) is 48.2 Å². The van der Waals surface area contributed by atoms with Crippen molar-refractivity contribution in [3.05, 3.63) is 84.0 Å². The highest BCUT2D eigenvalue weighted by Gasteiger charge is 2.33. The van der Waals surface area contributed by atoms with Crippen LogP contribution in [0.4, 0.5) is 5.13 Å². The van der Waals surface area contributed by atoms with Crippen LogP contribution in [0.3, 0.4) is 0 Å². The van der Waals surface area contributed by atoms with E-state index >= 15 is 0 Å². The van der Waals surface area contributed by atoms with Gasteiger partial charge < -0.3 is 4.42 Å². The molecule has 1 amide bonds. The summed E-state index contributed by atoms with van der Waals surface area (Å²) >= 11 is 4.38. The third-order valence-corrected chi connectivity index (χ3v) is 8.07. The lowest BCUT2D eigenvalue weighted by atomic mass is 10.3. The molecule has 1 aliphatic heterocycles. The Morgan fingerprint density at radius 3 is 2.44 bits per heavy atom. The van der Waals surface area contributed by atoms with Crippen LogP contribution in [0.25, 0.3) is 37.3 Å². The Balaban J connectivity index is 1.31. The molecule has 1 aliphatic rings. The predicted octanol–water partition coefficient (Wildman–Crippen LogP) is 6.96. The Morgan fingerprint density at radius 2 is 1.71 bits per heavy atom. The maximum absolute atomic E-state index is 13.1. The maximum atomic E-state index is 13.1. The summed E-state index contributed by atoms with van der Waals surface area (Å²) in [5, 5.41) is 2.00. The number of nitrogens with zero attached hydrogens (tertiary/aromatic N) is 4. The SMILES string of the molecule is C=CCN1C(=O)/C(=C/c2ccc(-c3nc4ccccc4s3)o2)S/C1=N/c1nc2ccccc2s1. The molecular formula is C25H16N4O2S3. The van der Waals surface area contributed by atoms with E-state index in [2.05, 4.69) is 21.5 Å². The van der Waals surface area contributed by atoms with Crippen molar-refractivity contribution in [1.29, 1.82) is 0 Å². The molecule has 1 saturated heterocycles. The molecule has 0 bridgehead atoms. The summed E-state index contributed by atoms with van der Waals surface area (Å²) in [6.45, 7) is 4.15. The van der Waals surface area contributed by atoms with Crippen LogP contribution in [0, 0.1) is 0 Å². The number of carbonyl (C=O) groups is 1. The van der Waals surface area contributed by atoms with Gasteiger partial charge in [-0.2, -0.15) is 4.99 Å². The first kappa shape index (κ1) is 21.0. The number of para-hydroxylation sites is 2. The van der Waals surface area contributed by atoms with E-state index in [4.69, 9.17) is 4.42 Å². The van der Waals surface area contributed by atoms with Crippen LogP contribution in [-0.4, -0.2) is 32.5 Å². The summed E-state index contributed by atoms with van der Waals surface area (Å²) in [7, 11) is 0. The summed E-state index contributed by atoms with van der Waals surface area (Å²) in [5.41, 5.74) is 1.83. The van der Waals surface area contributed by atoms with E-state index in [1.165, 1.54) is 23.1 Å². The number of hydrogen-bond donors (Lipinski definition) is 0. The van der Waals surface area contributed by atoms with Crippen LogP contribution in [0.15, 0.2) is 87.6 Å². The summed E-state index contributed by atoms with van der Waals surface area (Å²) in [6.07, 6.45) is 3.44. The molecule has 5 aromatic rings. The minimum absolute atomic E-state index is 0.136. The summed E-state index contributed by atoms with van der Waals surface area (Å²) < 4.78 is 8.17. The lowest BCUT2D eigenvalue weighted by Crippen LogP contribution is -2.29. The monoisotopic (exact) mass is 500 g/mol. The van der Waals surface area contributed by atoms with Gasteiger partial charge in [0.25, 0.3) is 5.91 Å². The van der Waals surface area contributed by atoms with Gasteiger partial charge in [0.2, 0.25) is 5.13 Å². The van der Waals surface area contributed by atoms with E-state index in [1.807, 2.05) is 60.7 Å². The van der Waals surface area contributed by atoms with Crippen LogP contribution in [0.2, 0.25) is 0 Å². The second kappa shape index (κ2) is 8.68. The Hall–Kier alpha value is -3.53. The molecule has 9 heteroatoms. The molecule has 2 aromatic carbocycles. The average Bonchev–Trinajstić information content (AvgIpc) is 3.62. The van der Waals surface area contributed by atoms with E-state index in [0.717, 1.165) is 25.4 Å². The number of aliphatic imine (C=N–C) groups is 1. The van der Waals surface area contributed by atoms with Gasteiger partial charge in [-0.25, -0.2) is 9.97 Å². The molecule has 166 valence electrons. The molecule has 0 N–H and O–H groups in total. The van der Waals surface area contributed by atoms with Crippen molar-refractivity contribution in [3.63, 3.8) is 0 Å². The van der Waals surface area contributed by atoms with Crippen LogP contribution in [0.1, 0.15) is 5.76 Å². The Bertz CT molecular complexity index is 1560. The zero-order valence-corrected chi connectivity index (χ0v) is 20.1. The molecule has 3 aromatic heterocycles. The molecule has 0 aliphatic carbocycles. The van der Waals surface area contributed by atoms with Gasteiger partial charge in [0, 0.05) is 12.6 Å². The van der Waals surface area contributed by atoms with Crippen LogP contribution in [-0.2, 0) is 4.79 Å². The number of thioether (sulfide) groups is 1. The van der Waals surface area contributed by atoms with Crippen LogP contribution >= 0.6 is 34.4 Å². The van der Waals surface area contributed by atoms with E-state index in [1.54, 1.807) is 28.4 Å². The topological polar surface area (TPSA) is 71.6 Å². The third kappa shape index (κ3) is 3.87. The zero-order chi connectivity index (χ0) is 23.1. The van der Waals surface area contributed by atoms with Crippen LogP contribution < -0.4 is 0 Å². The molecule has 1 fully saturated rings. The number of benzene rings is 2. The highest BCUT2D eigenvalue weighted by molar-refractivity contribution is 8.18. The number of rotatable bonds is 5. The molecule has 0 radical (unpaired) electrons. The number of amides is 1. The standard InChI is InChI=1S/C25H16N4O2S3/c1-2-13-29-23(30)21(34-25(29)28-24-27-17-8-4-6-10-20(17)33-24)14-15-11-12-18(31-15)22-26-16-7-3-5-9-19(16)32-22/h2-12,14H,1,13H2/b21-14-,28-25+. The Morgan fingerprint density at radius 1 is 0.971 bits per heavy atom. The molecule has 0 saturated carbocycles. The minimum atomic E-state index is -0.136. The predicted molar refractivity (Wildman–Crippen MR) is 142 cm³/mol. The molecule has 34 heavy (non-hydrogen) atoms. The van der Waals surface area contributed by atoms with E-state index in [9.17, 15) is 4.79 Å². The number of thiazole rings is 2. The van der Waals surface area contributed by atoms with E-state index < -0.39 is 0 Å². The van der Waals surface area contributed by atoms with E-state index in [-0.39, 0.29) is 5.91 Å². The van der Waals surface area contributed by atoms with Crippen molar-refractivity contribution in [2.24, 2.45) is 4.99 Å². The lowest BCUT2D eigenvalue weighted by molar-refractivity contribution is -0.121. The Labute approximate surface area is 207 Å². The number of fused-ring (bicyclic) bond motifs is 2. The number of amidine groups is 1. The van der Waals surface area contributed by atoms with Gasteiger partial charge >= 0.3 is 0 Å². The highest BCUT2D eigenvalue weighted by atomic mass is 32.2. The first-order valence-corrected chi connectivity index (χ1v) is 12.9. The first-order valence-electron chi connectivity index (χ1n) is 10.4.